The van der Waals surface area contributed by atoms with E-state index in [0.717, 1.165) is 34.8 Å². The van der Waals surface area contributed by atoms with Gasteiger partial charge in [-0.3, -0.25) is 9.69 Å². The van der Waals surface area contributed by atoms with Crippen molar-refractivity contribution in [2.45, 2.75) is 19.9 Å². The van der Waals surface area contributed by atoms with Crippen LogP contribution in [0.3, 0.4) is 0 Å². The molecule has 2 aromatic heterocycles. The summed E-state index contributed by atoms with van der Waals surface area (Å²) in [5, 5.41) is 9.18. The fourth-order valence-corrected chi connectivity index (χ4v) is 4.20. The summed E-state index contributed by atoms with van der Waals surface area (Å²) in [5.41, 5.74) is 1.52. The van der Waals surface area contributed by atoms with Crippen LogP contribution in [0.25, 0.3) is 10.6 Å². The number of amides is 1. The van der Waals surface area contributed by atoms with Crippen molar-refractivity contribution in [3.05, 3.63) is 57.5 Å². The molecule has 0 atom stereocenters. The van der Waals surface area contributed by atoms with Gasteiger partial charge in [-0.1, -0.05) is 6.92 Å². The van der Waals surface area contributed by atoms with Crippen LogP contribution in [0.5, 0.6) is 0 Å². The van der Waals surface area contributed by atoms with Crippen LogP contribution >= 0.6 is 22.7 Å². The molecule has 0 spiro atoms. The minimum Gasteiger partial charge on any atom is -0.322 e. The number of nitrogens with one attached hydrogen (secondary N) is 1. The molecule has 2 heterocycles. The first-order valence-corrected chi connectivity index (χ1v) is 10.4. The van der Waals surface area contributed by atoms with Crippen LogP contribution < -0.4 is 5.32 Å². The SMILES string of the molecule is CCCN(CC(=O)Nc1ccc(F)c(F)c1F)Cc1csc(-c2ccsc2)n1. The van der Waals surface area contributed by atoms with E-state index in [2.05, 4.69) is 10.3 Å². The zero-order valence-electron chi connectivity index (χ0n) is 15.0. The third kappa shape index (κ3) is 4.98. The molecule has 1 N–H and O–H groups in total. The molecule has 3 aromatic rings. The Morgan fingerprint density at radius 1 is 1.18 bits per heavy atom. The number of thiophene rings is 1. The van der Waals surface area contributed by atoms with Crippen LogP contribution in [0.1, 0.15) is 19.0 Å². The maximum Gasteiger partial charge on any atom is 0.238 e. The number of anilines is 1. The van der Waals surface area contributed by atoms with Gasteiger partial charge in [-0.15, -0.1) is 11.3 Å². The fourth-order valence-electron chi connectivity index (χ4n) is 2.67. The van der Waals surface area contributed by atoms with Crippen molar-refractivity contribution < 1.29 is 18.0 Å². The Hall–Kier alpha value is -2.23. The number of halogens is 3. The lowest BCUT2D eigenvalue weighted by molar-refractivity contribution is -0.117. The summed E-state index contributed by atoms with van der Waals surface area (Å²) in [6.07, 6.45) is 0.814. The molecule has 3 rings (SSSR count). The van der Waals surface area contributed by atoms with Gasteiger partial charge in [0.1, 0.15) is 5.01 Å². The summed E-state index contributed by atoms with van der Waals surface area (Å²) in [5.74, 6) is -4.82. The molecule has 4 nitrogen and oxygen atoms in total. The number of hydrogen-bond donors (Lipinski definition) is 1. The van der Waals surface area contributed by atoms with Gasteiger partial charge in [0.05, 0.1) is 17.9 Å². The Morgan fingerprint density at radius 3 is 2.71 bits per heavy atom. The average Bonchev–Trinajstić information content (AvgIpc) is 3.34. The van der Waals surface area contributed by atoms with Gasteiger partial charge in [-0.05, 0) is 36.5 Å². The molecular formula is C19H18F3N3OS2. The number of aromatic nitrogens is 1. The van der Waals surface area contributed by atoms with Gasteiger partial charge in [0.15, 0.2) is 17.5 Å². The first-order valence-electron chi connectivity index (χ1n) is 8.60. The van der Waals surface area contributed by atoms with Crippen molar-refractivity contribution in [2.75, 3.05) is 18.4 Å². The summed E-state index contributed by atoms with van der Waals surface area (Å²) >= 11 is 3.14. The molecule has 0 radical (unpaired) electrons. The maximum absolute atomic E-state index is 13.7. The lowest BCUT2D eigenvalue weighted by Gasteiger charge is -2.20. The summed E-state index contributed by atoms with van der Waals surface area (Å²) in [6.45, 7) is 3.07. The average molecular weight is 426 g/mol. The van der Waals surface area contributed by atoms with E-state index < -0.39 is 23.4 Å². The Morgan fingerprint density at radius 2 is 2.00 bits per heavy atom. The fraction of sp³-hybridized carbons (Fsp3) is 0.263. The highest BCUT2D eigenvalue weighted by Gasteiger charge is 2.17. The molecule has 1 amide bonds. The standard InChI is InChI=1S/C19H18F3N3OS2/c1-2-6-25(8-13-11-28-19(23-13)12-5-7-27-10-12)9-16(26)24-15-4-3-14(20)17(21)18(15)22/h3-5,7,10-11H,2,6,8-9H2,1H3,(H,24,26). The van der Waals surface area contributed by atoms with Crippen LogP contribution in [-0.4, -0.2) is 28.9 Å². The quantitative estimate of drug-likeness (QED) is 0.509. The van der Waals surface area contributed by atoms with Crippen LogP contribution in [0.4, 0.5) is 18.9 Å². The smallest absolute Gasteiger partial charge is 0.238 e. The van der Waals surface area contributed by atoms with Crippen molar-refractivity contribution >= 4 is 34.3 Å². The third-order valence-corrected chi connectivity index (χ3v) is 5.55. The summed E-state index contributed by atoms with van der Waals surface area (Å²) in [6, 6.07) is 3.78. The van der Waals surface area contributed by atoms with E-state index in [-0.39, 0.29) is 12.2 Å². The molecule has 0 saturated heterocycles. The molecule has 148 valence electrons. The second-order valence-corrected chi connectivity index (χ2v) is 7.78. The highest BCUT2D eigenvalue weighted by atomic mass is 32.1. The Labute approximate surface area is 168 Å². The number of rotatable bonds is 8. The highest BCUT2D eigenvalue weighted by molar-refractivity contribution is 7.14. The molecule has 0 aliphatic rings. The number of carbonyl (C=O) groups excluding carboxylic acids is 1. The van der Waals surface area contributed by atoms with E-state index in [0.29, 0.717) is 13.1 Å². The van der Waals surface area contributed by atoms with E-state index in [9.17, 15) is 18.0 Å². The summed E-state index contributed by atoms with van der Waals surface area (Å²) < 4.78 is 40.1. The predicted octanol–water partition coefficient (Wildman–Crippen LogP) is 5.14. The van der Waals surface area contributed by atoms with Gasteiger partial charge in [0.2, 0.25) is 5.91 Å². The minimum atomic E-state index is -1.60. The van der Waals surface area contributed by atoms with Crippen molar-refractivity contribution in [1.29, 1.82) is 0 Å². The topological polar surface area (TPSA) is 45.2 Å². The molecule has 0 unspecified atom stereocenters. The van der Waals surface area contributed by atoms with E-state index in [1.165, 1.54) is 11.3 Å². The van der Waals surface area contributed by atoms with Gasteiger partial charge in [0, 0.05) is 22.9 Å². The molecule has 1 aromatic carbocycles. The van der Waals surface area contributed by atoms with E-state index in [4.69, 9.17) is 0 Å². The molecule has 28 heavy (non-hydrogen) atoms. The predicted molar refractivity (Wildman–Crippen MR) is 106 cm³/mol. The third-order valence-electron chi connectivity index (χ3n) is 3.92. The Bertz CT molecular complexity index is 944. The van der Waals surface area contributed by atoms with Gasteiger partial charge >= 0.3 is 0 Å². The zero-order chi connectivity index (χ0) is 20.1. The number of benzene rings is 1. The summed E-state index contributed by atoms with van der Waals surface area (Å²) in [4.78, 5) is 18.8. The monoisotopic (exact) mass is 425 g/mol. The van der Waals surface area contributed by atoms with E-state index >= 15 is 0 Å². The molecule has 0 aliphatic heterocycles. The van der Waals surface area contributed by atoms with Crippen LogP contribution in [0.2, 0.25) is 0 Å². The van der Waals surface area contributed by atoms with Gasteiger partial charge in [-0.2, -0.15) is 11.3 Å². The Kier molecular flexibility index (Phi) is 6.82. The largest absolute Gasteiger partial charge is 0.322 e. The first-order chi connectivity index (χ1) is 13.5. The molecule has 0 saturated carbocycles. The number of nitrogens with zero attached hydrogens (tertiary/aromatic N) is 2. The first kappa shape index (κ1) is 20.5. The maximum atomic E-state index is 13.7. The zero-order valence-corrected chi connectivity index (χ0v) is 16.7. The van der Waals surface area contributed by atoms with Crippen LogP contribution in [-0.2, 0) is 11.3 Å². The van der Waals surface area contributed by atoms with E-state index in [1.807, 2.05) is 34.0 Å². The van der Waals surface area contributed by atoms with Crippen molar-refractivity contribution in [1.82, 2.24) is 9.88 Å². The van der Waals surface area contributed by atoms with Gasteiger partial charge in [0.25, 0.3) is 0 Å². The summed E-state index contributed by atoms with van der Waals surface area (Å²) in [7, 11) is 0. The second kappa shape index (κ2) is 9.31. The molecule has 0 fully saturated rings. The lowest BCUT2D eigenvalue weighted by Crippen LogP contribution is -2.33. The molecular weight excluding hydrogens is 407 g/mol. The van der Waals surface area contributed by atoms with E-state index in [1.54, 1.807) is 11.3 Å². The Balaban J connectivity index is 1.64. The van der Waals surface area contributed by atoms with Gasteiger partial charge in [-0.25, -0.2) is 18.2 Å². The van der Waals surface area contributed by atoms with Crippen LogP contribution in [0.15, 0.2) is 34.3 Å². The lowest BCUT2D eigenvalue weighted by atomic mass is 10.2. The molecule has 9 heteroatoms. The van der Waals surface area contributed by atoms with Crippen molar-refractivity contribution in [3.63, 3.8) is 0 Å². The molecule has 0 bridgehead atoms. The van der Waals surface area contributed by atoms with Crippen molar-refractivity contribution in [2.24, 2.45) is 0 Å². The number of thiazole rings is 1. The molecule has 0 aliphatic carbocycles. The number of carbonyl (C=O) groups is 1. The number of hydrogen-bond acceptors (Lipinski definition) is 5. The normalized spacial score (nSPS) is 11.2. The second-order valence-electron chi connectivity index (χ2n) is 6.14. The minimum absolute atomic E-state index is 0.0163. The van der Waals surface area contributed by atoms with Crippen LogP contribution in [0, 0.1) is 17.5 Å². The van der Waals surface area contributed by atoms with Crippen molar-refractivity contribution in [3.8, 4) is 10.6 Å². The highest BCUT2D eigenvalue weighted by Crippen LogP contribution is 2.26. The van der Waals surface area contributed by atoms with Gasteiger partial charge < -0.3 is 5.32 Å².